The number of nitrogens with one attached hydrogen (secondary N) is 1. The van der Waals surface area contributed by atoms with Gasteiger partial charge < -0.3 is 5.32 Å². The number of sulfonamides is 1. The number of alkyl halides is 3. The monoisotopic (exact) mass is 346 g/mol. The number of halogens is 3. The highest BCUT2D eigenvalue weighted by atomic mass is 32.2. The van der Waals surface area contributed by atoms with Crippen LogP contribution in [0.15, 0.2) is 41.4 Å². The fourth-order valence-corrected chi connectivity index (χ4v) is 2.28. The molecule has 0 atom stereocenters. The van der Waals surface area contributed by atoms with Crippen LogP contribution >= 0.6 is 0 Å². The van der Waals surface area contributed by atoms with Crippen LogP contribution in [-0.2, 0) is 22.6 Å². The molecule has 0 aliphatic rings. The van der Waals surface area contributed by atoms with Gasteiger partial charge in [-0.15, -0.1) is 0 Å². The number of hydrogen-bond acceptors (Lipinski definition) is 5. The topological polar surface area (TPSA) is 98.0 Å². The Hall–Kier alpha value is -2.20. The molecule has 124 valence electrons. The zero-order valence-electron chi connectivity index (χ0n) is 11.7. The lowest BCUT2D eigenvalue weighted by atomic mass is 10.1. The normalized spacial score (nSPS) is 12.2. The molecule has 0 aliphatic carbocycles. The molecule has 0 aliphatic heterocycles. The Labute approximate surface area is 130 Å². The Morgan fingerprint density at radius 2 is 1.78 bits per heavy atom. The average Bonchev–Trinajstić information content (AvgIpc) is 2.46. The molecule has 1 aromatic carbocycles. The number of nitrogens with two attached hydrogens (primary N) is 1. The van der Waals surface area contributed by atoms with Crippen LogP contribution in [0.4, 0.5) is 19.1 Å². The van der Waals surface area contributed by atoms with Gasteiger partial charge in [-0.1, -0.05) is 12.1 Å². The summed E-state index contributed by atoms with van der Waals surface area (Å²) in [6, 6.07) is 6.68. The molecule has 0 radical (unpaired) electrons. The third-order valence-electron chi connectivity index (χ3n) is 2.89. The third-order valence-corrected chi connectivity index (χ3v) is 3.82. The predicted octanol–water partition coefficient (Wildman–Crippen LogP) is 1.80. The van der Waals surface area contributed by atoms with Crippen LogP contribution in [0.5, 0.6) is 0 Å². The second kappa shape index (κ2) is 6.50. The molecule has 23 heavy (non-hydrogen) atoms. The van der Waals surface area contributed by atoms with E-state index in [1.54, 1.807) is 12.1 Å². The van der Waals surface area contributed by atoms with E-state index in [0.29, 0.717) is 6.42 Å². The van der Waals surface area contributed by atoms with Gasteiger partial charge in [-0.2, -0.15) is 13.2 Å². The van der Waals surface area contributed by atoms with E-state index < -0.39 is 21.9 Å². The van der Waals surface area contributed by atoms with Gasteiger partial charge in [-0.25, -0.2) is 23.5 Å². The number of primary sulfonamides is 1. The van der Waals surface area contributed by atoms with E-state index in [2.05, 4.69) is 15.3 Å². The van der Waals surface area contributed by atoms with E-state index in [-0.39, 0.29) is 17.4 Å². The second-order valence-electron chi connectivity index (χ2n) is 4.63. The summed E-state index contributed by atoms with van der Waals surface area (Å²) < 4.78 is 59.8. The van der Waals surface area contributed by atoms with Gasteiger partial charge in [-0.05, 0) is 30.2 Å². The molecular formula is C13H13F3N4O2S. The van der Waals surface area contributed by atoms with E-state index in [9.17, 15) is 21.6 Å². The molecule has 0 amide bonds. The first-order valence-corrected chi connectivity index (χ1v) is 7.97. The van der Waals surface area contributed by atoms with Crippen molar-refractivity contribution in [1.82, 2.24) is 9.97 Å². The Morgan fingerprint density at radius 3 is 2.35 bits per heavy atom. The van der Waals surface area contributed by atoms with Crippen molar-refractivity contribution in [2.75, 3.05) is 11.9 Å². The largest absolute Gasteiger partial charge is 0.433 e. The zero-order valence-corrected chi connectivity index (χ0v) is 12.5. The van der Waals surface area contributed by atoms with Crippen LogP contribution in [0.25, 0.3) is 0 Å². The van der Waals surface area contributed by atoms with Gasteiger partial charge in [-0.3, -0.25) is 0 Å². The number of benzene rings is 1. The molecule has 3 N–H and O–H groups in total. The van der Waals surface area contributed by atoms with Crippen molar-refractivity contribution in [3.63, 3.8) is 0 Å². The number of aromatic nitrogens is 2. The minimum atomic E-state index is -4.52. The Balaban J connectivity index is 1.95. The fourth-order valence-electron chi connectivity index (χ4n) is 1.77. The van der Waals surface area contributed by atoms with Crippen molar-refractivity contribution in [1.29, 1.82) is 0 Å². The van der Waals surface area contributed by atoms with Gasteiger partial charge in [0.25, 0.3) is 0 Å². The Kier molecular flexibility index (Phi) is 4.85. The molecule has 0 bridgehead atoms. The molecule has 1 aromatic heterocycles. The smallest absolute Gasteiger partial charge is 0.354 e. The quantitative estimate of drug-likeness (QED) is 0.860. The Morgan fingerprint density at radius 1 is 1.13 bits per heavy atom. The number of hydrogen-bond donors (Lipinski definition) is 2. The highest BCUT2D eigenvalue weighted by molar-refractivity contribution is 7.89. The lowest BCUT2D eigenvalue weighted by Crippen LogP contribution is -2.13. The predicted molar refractivity (Wildman–Crippen MR) is 77.0 cm³/mol. The molecule has 0 fully saturated rings. The molecule has 10 heteroatoms. The van der Waals surface area contributed by atoms with Crippen molar-refractivity contribution in [2.24, 2.45) is 5.14 Å². The first kappa shape index (κ1) is 17.2. The van der Waals surface area contributed by atoms with Crippen LogP contribution in [0.1, 0.15) is 11.3 Å². The van der Waals surface area contributed by atoms with Gasteiger partial charge in [0.05, 0.1) is 4.90 Å². The van der Waals surface area contributed by atoms with Crippen LogP contribution < -0.4 is 10.5 Å². The highest BCUT2D eigenvalue weighted by Crippen LogP contribution is 2.27. The maximum atomic E-state index is 12.5. The summed E-state index contributed by atoms with van der Waals surface area (Å²) >= 11 is 0. The third kappa shape index (κ3) is 4.89. The van der Waals surface area contributed by atoms with Crippen molar-refractivity contribution in [2.45, 2.75) is 17.5 Å². The highest BCUT2D eigenvalue weighted by Gasteiger charge is 2.32. The molecule has 0 spiro atoms. The molecule has 0 saturated carbocycles. The van der Waals surface area contributed by atoms with Crippen molar-refractivity contribution in [3.8, 4) is 0 Å². The molecule has 6 nitrogen and oxygen atoms in total. The standard InChI is InChI=1S/C13H13F3N4O2S/c14-13(15,16)11-6-8-19-12(20-11)18-7-5-9-1-3-10(4-2-9)23(17,21)22/h1-4,6,8H,5,7H2,(H2,17,21,22)(H,18,19,20). The van der Waals surface area contributed by atoms with Crippen LogP contribution in [-0.4, -0.2) is 24.9 Å². The van der Waals surface area contributed by atoms with E-state index in [1.165, 1.54) is 12.1 Å². The average molecular weight is 346 g/mol. The maximum Gasteiger partial charge on any atom is 0.433 e. The SMILES string of the molecule is NS(=O)(=O)c1ccc(CCNc2nccc(C(F)(F)F)n2)cc1. The first-order valence-electron chi connectivity index (χ1n) is 6.42. The minimum absolute atomic E-state index is 0.00424. The fraction of sp³-hybridized carbons (Fsp3) is 0.231. The molecule has 1 heterocycles. The van der Waals surface area contributed by atoms with Crippen molar-refractivity contribution < 1.29 is 21.6 Å². The van der Waals surface area contributed by atoms with Gasteiger partial charge in [0.1, 0.15) is 5.69 Å². The van der Waals surface area contributed by atoms with Gasteiger partial charge in [0.2, 0.25) is 16.0 Å². The van der Waals surface area contributed by atoms with Gasteiger partial charge >= 0.3 is 6.18 Å². The molecule has 0 saturated heterocycles. The first-order chi connectivity index (χ1) is 10.7. The summed E-state index contributed by atoms with van der Waals surface area (Å²) in [5, 5.41) is 7.67. The molecular weight excluding hydrogens is 333 g/mol. The molecule has 0 unspecified atom stereocenters. The minimum Gasteiger partial charge on any atom is -0.354 e. The number of rotatable bonds is 5. The summed E-state index contributed by atoms with van der Waals surface area (Å²) in [5.74, 6) is -0.124. The molecule has 2 aromatic rings. The summed E-state index contributed by atoms with van der Waals surface area (Å²) in [7, 11) is -3.74. The van der Waals surface area contributed by atoms with Crippen LogP contribution in [0.2, 0.25) is 0 Å². The van der Waals surface area contributed by atoms with Crippen molar-refractivity contribution >= 4 is 16.0 Å². The lowest BCUT2D eigenvalue weighted by Gasteiger charge is -2.08. The van der Waals surface area contributed by atoms with E-state index in [1.807, 2.05) is 0 Å². The van der Waals surface area contributed by atoms with Crippen LogP contribution in [0, 0.1) is 0 Å². The van der Waals surface area contributed by atoms with E-state index >= 15 is 0 Å². The Bertz CT molecular complexity index is 777. The van der Waals surface area contributed by atoms with Gasteiger partial charge in [0.15, 0.2) is 0 Å². The lowest BCUT2D eigenvalue weighted by molar-refractivity contribution is -0.141. The van der Waals surface area contributed by atoms with E-state index in [0.717, 1.165) is 17.8 Å². The summed E-state index contributed by atoms with van der Waals surface area (Å²) in [6.07, 6.45) is -3.05. The van der Waals surface area contributed by atoms with Gasteiger partial charge in [0, 0.05) is 12.7 Å². The maximum absolute atomic E-state index is 12.5. The number of anilines is 1. The second-order valence-corrected chi connectivity index (χ2v) is 6.19. The number of nitrogens with zero attached hydrogens (tertiary/aromatic N) is 2. The summed E-state index contributed by atoms with van der Waals surface area (Å²) in [4.78, 5) is 7.09. The van der Waals surface area contributed by atoms with E-state index in [4.69, 9.17) is 5.14 Å². The molecule has 2 rings (SSSR count). The summed E-state index contributed by atoms with van der Waals surface area (Å²) in [6.45, 7) is 0.288. The van der Waals surface area contributed by atoms with Crippen molar-refractivity contribution in [3.05, 3.63) is 47.8 Å². The zero-order chi connectivity index (χ0) is 17.1. The van der Waals surface area contributed by atoms with Crippen LogP contribution in [0.3, 0.4) is 0 Å². The summed E-state index contributed by atoms with van der Waals surface area (Å²) in [5.41, 5.74) is -0.232.